The van der Waals surface area contributed by atoms with E-state index in [4.69, 9.17) is 4.74 Å². The minimum Gasteiger partial charge on any atom is -0.382 e. The molecular formula is C15H13F4NO. The van der Waals surface area contributed by atoms with Crippen LogP contribution in [-0.4, -0.2) is 13.7 Å². The lowest BCUT2D eigenvalue weighted by Gasteiger charge is -2.20. The molecule has 112 valence electrons. The van der Waals surface area contributed by atoms with Gasteiger partial charge in [0.05, 0.1) is 12.6 Å². The van der Waals surface area contributed by atoms with Crippen molar-refractivity contribution >= 4 is 5.69 Å². The highest BCUT2D eigenvalue weighted by Crippen LogP contribution is 2.23. The number of anilines is 1. The van der Waals surface area contributed by atoms with Crippen molar-refractivity contribution in [3.05, 3.63) is 65.2 Å². The van der Waals surface area contributed by atoms with Gasteiger partial charge in [-0.1, -0.05) is 6.07 Å². The van der Waals surface area contributed by atoms with Crippen LogP contribution in [0.25, 0.3) is 0 Å². The van der Waals surface area contributed by atoms with E-state index in [0.29, 0.717) is 5.56 Å². The van der Waals surface area contributed by atoms with Gasteiger partial charge in [0, 0.05) is 18.9 Å². The average molecular weight is 299 g/mol. The summed E-state index contributed by atoms with van der Waals surface area (Å²) in [4.78, 5) is 0. The molecule has 0 unspecified atom stereocenters. The quantitative estimate of drug-likeness (QED) is 0.841. The Hall–Kier alpha value is -2.08. The minimum atomic E-state index is -0.999. The molecule has 1 N–H and O–H groups in total. The van der Waals surface area contributed by atoms with E-state index in [2.05, 4.69) is 5.32 Å². The summed E-state index contributed by atoms with van der Waals surface area (Å²) in [7, 11) is 1.43. The Kier molecular flexibility index (Phi) is 4.80. The van der Waals surface area contributed by atoms with Crippen molar-refractivity contribution in [2.45, 2.75) is 6.04 Å². The molecule has 0 bridgehead atoms. The molecule has 0 heterocycles. The maximum atomic E-state index is 13.3. The zero-order chi connectivity index (χ0) is 15.4. The van der Waals surface area contributed by atoms with Crippen LogP contribution in [0, 0.1) is 23.3 Å². The second-order valence-electron chi connectivity index (χ2n) is 4.48. The summed E-state index contributed by atoms with van der Waals surface area (Å²) in [6.07, 6.45) is 0. The van der Waals surface area contributed by atoms with Crippen LogP contribution in [0.1, 0.15) is 11.6 Å². The van der Waals surface area contributed by atoms with Gasteiger partial charge in [-0.05, 0) is 29.8 Å². The van der Waals surface area contributed by atoms with Crippen LogP contribution < -0.4 is 5.32 Å². The van der Waals surface area contributed by atoms with Gasteiger partial charge in [0.2, 0.25) is 0 Å². The number of halogens is 4. The number of hydrogen-bond acceptors (Lipinski definition) is 2. The van der Waals surface area contributed by atoms with Crippen LogP contribution in [0.4, 0.5) is 23.2 Å². The van der Waals surface area contributed by atoms with Gasteiger partial charge in [0.25, 0.3) is 0 Å². The molecule has 6 heteroatoms. The first-order valence-corrected chi connectivity index (χ1v) is 6.16. The van der Waals surface area contributed by atoms with E-state index in [9.17, 15) is 17.6 Å². The SMILES string of the molecule is COC[C@@H](Nc1cc(F)cc(F)c1)c1ccc(F)c(F)c1. The monoisotopic (exact) mass is 299 g/mol. The smallest absolute Gasteiger partial charge is 0.159 e. The zero-order valence-corrected chi connectivity index (χ0v) is 11.2. The number of methoxy groups -OCH3 is 1. The van der Waals surface area contributed by atoms with Gasteiger partial charge in [-0.15, -0.1) is 0 Å². The molecule has 2 aromatic rings. The fourth-order valence-corrected chi connectivity index (χ4v) is 1.96. The van der Waals surface area contributed by atoms with Gasteiger partial charge >= 0.3 is 0 Å². The van der Waals surface area contributed by atoms with Crippen LogP contribution in [0.3, 0.4) is 0 Å². The summed E-state index contributed by atoms with van der Waals surface area (Å²) < 4.78 is 57.6. The van der Waals surface area contributed by atoms with Crippen molar-refractivity contribution in [3.8, 4) is 0 Å². The van der Waals surface area contributed by atoms with E-state index in [1.165, 1.54) is 13.2 Å². The minimum absolute atomic E-state index is 0.114. The molecule has 0 aliphatic heterocycles. The van der Waals surface area contributed by atoms with Gasteiger partial charge in [-0.3, -0.25) is 0 Å². The van der Waals surface area contributed by atoms with Crippen molar-refractivity contribution in [2.24, 2.45) is 0 Å². The molecular weight excluding hydrogens is 286 g/mol. The van der Waals surface area contributed by atoms with Crippen molar-refractivity contribution in [2.75, 3.05) is 19.0 Å². The van der Waals surface area contributed by atoms with E-state index >= 15 is 0 Å². The molecule has 0 amide bonds. The molecule has 0 spiro atoms. The normalized spacial score (nSPS) is 12.2. The van der Waals surface area contributed by atoms with Crippen molar-refractivity contribution < 1.29 is 22.3 Å². The molecule has 2 nitrogen and oxygen atoms in total. The fraction of sp³-hybridized carbons (Fsp3) is 0.200. The third-order valence-electron chi connectivity index (χ3n) is 2.88. The number of hydrogen-bond donors (Lipinski definition) is 1. The maximum Gasteiger partial charge on any atom is 0.159 e. The van der Waals surface area contributed by atoms with Gasteiger partial charge < -0.3 is 10.1 Å². The highest BCUT2D eigenvalue weighted by atomic mass is 19.2. The van der Waals surface area contributed by atoms with E-state index in [1.54, 1.807) is 0 Å². The third-order valence-corrected chi connectivity index (χ3v) is 2.88. The summed E-state index contributed by atoms with van der Waals surface area (Å²) in [5.41, 5.74) is 0.583. The van der Waals surface area contributed by atoms with Gasteiger partial charge in [0.15, 0.2) is 11.6 Å². The lowest BCUT2D eigenvalue weighted by Crippen LogP contribution is -2.17. The predicted molar refractivity (Wildman–Crippen MR) is 71.0 cm³/mol. The topological polar surface area (TPSA) is 21.3 Å². The van der Waals surface area contributed by atoms with Crippen LogP contribution in [-0.2, 0) is 4.74 Å². The summed E-state index contributed by atoms with van der Waals surface area (Å²) in [5, 5.41) is 2.83. The Morgan fingerprint density at radius 3 is 2.19 bits per heavy atom. The van der Waals surface area contributed by atoms with Gasteiger partial charge in [-0.2, -0.15) is 0 Å². The predicted octanol–water partition coefficient (Wildman–Crippen LogP) is 4.04. The molecule has 21 heavy (non-hydrogen) atoms. The summed E-state index contributed by atoms with van der Waals surface area (Å²) >= 11 is 0. The Morgan fingerprint density at radius 2 is 1.62 bits per heavy atom. The first-order valence-electron chi connectivity index (χ1n) is 6.16. The van der Waals surface area contributed by atoms with E-state index in [-0.39, 0.29) is 12.3 Å². The molecule has 2 rings (SSSR count). The second-order valence-corrected chi connectivity index (χ2v) is 4.48. The zero-order valence-electron chi connectivity index (χ0n) is 11.2. The molecule has 0 aliphatic carbocycles. The number of rotatable bonds is 5. The summed E-state index contributed by atoms with van der Waals surface area (Å²) in [6.45, 7) is 0.114. The number of nitrogens with one attached hydrogen (secondary N) is 1. The third kappa shape index (κ3) is 3.95. The second kappa shape index (κ2) is 6.58. The van der Waals surface area contributed by atoms with E-state index < -0.39 is 29.3 Å². The first-order chi connectivity index (χ1) is 9.99. The van der Waals surface area contributed by atoms with Crippen molar-refractivity contribution in [3.63, 3.8) is 0 Å². The van der Waals surface area contributed by atoms with Gasteiger partial charge in [0.1, 0.15) is 11.6 Å². The summed E-state index contributed by atoms with van der Waals surface area (Å²) in [6, 6.07) is 5.75. The molecule has 1 atom stereocenters. The van der Waals surface area contributed by atoms with Crippen LogP contribution >= 0.6 is 0 Å². The number of ether oxygens (including phenoxy) is 1. The van der Waals surface area contributed by atoms with E-state index in [0.717, 1.165) is 30.3 Å². The maximum absolute atomic E-state index is 13.3. The Balaban J connectivity index is 2.27. The largest absolute Gasteiger partial charge is 0.382 e. The fourth-order valence-electron chi connectivity index (χ4n) is 1.96. The molecule has 2 aromatic carbocycles. The number of benzene rings is 2. The Bertz CT molecular complexity index is 613. The average Bonchev–Trinajstić information content (AvgIpc) is 2.40. The van der Waals surface area contributed by atoms with E-state index in [1.807, 2.05) is 0 Å². The lowest BCUT2D eigenvalue weighted by atomic mass is 10.1. The molecule has 0 saturated carbocycles. The van der Waals surface area contributed by atoms with Crippen LogP contribution in [0.2, 0.25) is 0 Å². The van der Waals surface area contributed by atoms with Crippen molar-refractivity contribution in [1.82, 2.24) is 0 Å². The standard InChI is InChI=1S/C15H13F4NO/c1-21-8-15(9-2-3-13(18)14(19)4-9)20-12-6-10(16)5-11(17)7-12/h2-7,15,20H,8H2,1H3/t15-/m1/s1. The first kappa shape index (κ1) is 15.3. The molecule has 0 aromatic heterocycles. The Morgan fingerprint density at radius 1 is 0.952 bits per heavy atom. The van der Waals surface area contributed by atoms with Crippen LogP contribution in [0.5, 0.6) is 0 Å². The van der Waals surface area contributed by atoms with Crippen LogP contribution in [0.15, 0.2) is 36.4 Å². The molecule has 0 radical (unpaired) electrons. The highest BCUT2D eigenvalue weighted by molar-refractivity contribution is 5.46. The van der Waals surface area contributed by atoms with Gasteiger partial charge in [-0.25, -0.2) is 17.6 Å². The van der Waals surface area contributed by atoms with Crippen molar-refractivity contribution in [1.29, 1.82) is 0 Å². The highest BCUT2D eigenvalue weighted by Gasteiger charge is 2.14. The molecule has 0 fully saturated rings. The molecule has 0 saturated heterocycles. The molecule has 0 aliphatic rings. The lowest BCUT2D eigenvalue weighted by molar-refractivity contribution is 0.186. The Labute approximate surface area is 119 Å². The summed E-state index contributed by atoms with van der Waals surface area (Å²) in [5.74, 6) is -3.44.